The van der Waals surface area contributed by atoms with E-state index in [0.29, 0.717) is 15.8 Å². The molecule has 2 heterocycles. The summed E-state index contributed by atoms with van der Waals surface area (Å²) in [6.45, 7) is 2.20. The minimum Gasteiger partial charge on any atom is -0.345 e. The Morgan fingerprint density at radius 2 is 1.75 bits per heavy atom. The Morgan fingerprint density at radius 1 is 1.11 bits per heavy atom. The second kappa shape index (κ2) is 7.44. The van der Waals surface area contributed by atoms with Gasteiger partial charge in [0.2, 0.25) is 0 Å². The number of nitrogens with one attached hydrogen (secondary N) is 1. The third kappa shape index (κ3) is 3.70. The number of amidine groups is 1. The van der Waals surface area contributed by atoms with Crippen molar-refractivity contribution in [3.8, 4) is 0 Å². The minimum atomic E-state index is -3.49. The van der Waals surface area contributed by atoms with Crippen molar-refractivity contribution in [3.63, 3.8) is 0 Å². The van der Waals surface area contributed by atoms with Gasteiger partial charge in [-0.2, -0.15) is 0 Å². The Kier molecular flexibility index (Phi) is 4.99. The molecule has 8 heteroatoms. The van der Waals surface area contributed by atoms with Crippen LogP contribution in [0.4, 0.5) is 0 Å². The first-order valence-electron chi connectivity index (χ1n) is 8.88. The summed E-state index contributed by atoms with van der Waals surface area (Å²) >= 11 is 1.11. The molecule has 4 rings (SSSR count). The van der Waals surface area contributed by atoms with E-state index in [4.69, 9.17) is 0 Å². The molecule has 1 amide bonds. The van der Waals surface area contributed by atoms with Gasteiger partial charge in [-0.3, -0.25) is 4.79 Å². The molecule has 144 valence electrons. The topological polar surface area (TPSA) is 78.8 Å². The summed E-state index contributed by atoms with van der Waals surface area (Å²) in [4.78, 5) is 15.4. The average Bonchev–Trinajstić information content (AvgIpc) is 3.06. The van der Waals surface area contributed by atoms with Crippen LogP contribution in [-0.2, 0) is 14.8 Å². The Bertz CT molecular complexity index is 1060. The van der Waals surface area contributed by atoms with E-state index in [1.54, 1.807) is 0 Å². The molecular formula is C20H19N3O3S2. The monoisotopic (exact) mass is 413 g/mol. The number of hydrogen-bond donors (Lipinski definition) is 1. The number of nitrogens with zero attached hydrogens (tertiary/aromatic N) is 2. The predicted octanol–water partition coefficient (Wildman–Crippen LogP) is 2.98. The summed E-state index contributed by atoms with van der Waals surface area (Å²) in [5, 5.41) is 3.36. The summed E-state index contributed by atoms with van der Waals surface area (Å²) < 4.78 is 27.7. The van der Waals surface area contributed by atoms with Gasteiger partial charge in [-0.05, 0) is 29.8 Å². The molecule has 2 aliphatic rings. The molecule has 1 N–H and O–H groups in total. The molecule has 6 nitrogen and oxygen atoms in total. The van der Waals surface area contributed by atoms with Crippen molar-refractivity contribution in [3.05, 3.63) is 76.7 Å². The van der Waals surface area contributed by atoms with Gasteiger partial charge in [0.1, 0.15) is 4.91 Å². The SMILES string of the molecule is C[C@@H](NC(=O)C1=C(c2ccccc2)N2CCS(=O)(=O)N=C2S1)c1ccccc1. The van der Waals surface area contributed by atoms with Crippen molar-refractivity contribution >= 4 is 38.6 Å². The van der Waals surface area contributed by atoms with Crippen molar-refractivity contribution in [2.75, 3.05) is 12.3 Å². The fraction of sp³-hybridized carbons (Fsp3) is 0.200. The minimum absolute atomic E-state index is 0.0668. The summed E-state index contributed by atoms with van der Waals surface area (Å²) in [5.74, 6) is -0.308. The van der Waals surface area contributed by atoms with Crippen LogP contribution >= 0.6 is 11.8 Å². The predicted molar refractivity (Wildman–Crippen MR) is 112 cm³/mol. The Morgan fingerprint density at radius 3 is 2.43 bits per heavy atom. The van der Waals surface area contributed by atoms with Crippen LogP contribution in [0.1, 0.15) is 24.1 Å². The lowest BCUT2D eigenvalue weighted by Gasteiger charge is -2.25. The van der Waals surface area contributed by atoms with Gasteiger partial charge in [0.25, 0.3) is 15.9 Å². The highest BCUT2D eigenvalue weighted by Crippen LogP contribution is 2.41. The molecule has 0 saturated carbocycles. The zero-order chi connectivity index (χ0) is 19.7. The van der Waals surface area contributed by atoms with Crippen LogP contribution in [0.25, 0.3) is 5.70 Å². The van der Waals surface area contributed by atoms with E-state index in [1.807, 2.05) is 72.5 Å². The third-order valence-electron chi connectivity index (χ3n) is 4.60. The second-order valence-corrected chi connectivity index (χ2v) is 9.30. The number of hydrogen-bond acceptors (Lipinski definition) is 5. The van der Waals surface area contributed by atoms with E-state index in [0.717, 1.165) is 22.9 Å². The van der Waals surface area contributed by atoms with Crippen LogP contribution < -0.4 is 5.32 Å². The highest BCUT2D eigenvalue weighted by Gasteiger charge is 2.38. The average molecular weight is 414 g/mol. The summed E-state index contributed by atoms with van der Waals surface area (Å²) in [7, 11) is -3.49. The maximum Gasteiger partial charge on any atom is 0.260 e. The Balaban J connectivity index is 1.70. The van der Waals surface area contributed by atoms with Crippen molar-refractivity contribution in [1.82, 2.24) is 10.2 Å². The maximum atomic E-state index is 13.1. The molecule has 0 bridgehead atoms. The maximum absolute atomic E-state index is 13.1. The Labute approximate surface area is 168 Å². The molecule has 0 aliphatic carbocycles. The number of carbonyl (C=O) groups is 1. The normalized spacial score (nSPS) is 19.0. The number of fused-ring (bicyclic) bond motifs is 1. The van der Waals surface area contributed by atoms with E-state index in [-0.39, 0.29) is 24.2 Å². The van der Waals surface area contributed by atoms with Gasteiger partial charge in [-0.25, -0.2) is 8.42 Å². The fourth-order valence-corrected chi connectivity index (χ4v) is 5.47. The van der Waals surface area contributed by atoms with Gasteiger partial charge >= 0.3 is 0 Å². The quantitative estimate of drug-likeness (QED) is 0.834. The zero-order valence-electron chi connectivity index (χ0n) is 15.2. The molecule has 28 heavy (non-hydrogen) atoms. The smallest absolute Gasteiger partial charge is 0.260 e. The molecule has 0 unspecified atom stereocenters. The van der Waals surface area contributed by atoms with Crippen LogP contribution in [-0.4, -0.2) is 36.7 Å². The van der Waals surface area contributed by atoms with Gasteiger partial charge in [-0.15, -0.1) is 4.40 Å². The number of benzene rings is 2. The Hall–Kier alpha value is -2.58. The first-order valence-corrected chi connectivity index (χ1v) is 11.3. The van der Waals surface area contributed by atoms with E-state index in [2.05, 4.69) is 9.71 Å². The highest BCUT2D eigenvalue weighted by molar-refractivity contribution is 8.19. The van der Waals surface area contributed by atoms with Gasteiger partial charge in [-0.1, -0.05) is 60.7 Å². The van der Waals surface area contributed by atoms with Crippen molar-refractivity contribution in [2.24, 2.45) is 4.40 Å². The lowest BCUT2D eigenvalue weighted by molar-refractivity contribution is -0.117. The van der Waals surface area contributed by atoms with Crippen molar-refractivity contribution in [2.45, 2.75) is 13.0 Å². The highest BCUT2D eigenvalue weighted by atomic mass is 32.2. The van der Waals surface area contributed by atoms with E-state index < -0.39 is 10.0 Å². The molecule has 0 fully saturated rings. The molecule has 2 aliphatic heterocycles. The molecule has 0 aromatic heterocycles. The van der Waals surface area contributed by atoms with Crippen LogP contribution in [0, 0.1) is 0 Å². The van der Waals surface area contributed by atoms with E-state index >= 15 is 0 Å². The molecule has 0 radical (unpaired) electrons. The van der Waals surface area contributed by atoms with Gasteiger partial charge < -0.3 is 10.2 Å². The third-order valence-corrected chi connectivity index (χ3v) is 6.94. The molecular weight excluding hydrogens is 394 g/mol. The molecule has 1 atom stereocenters. The lowest BCUT2D eigenvalue weighted by atomic mass is 10.1. The van der Waals surface area contributed by atoms with Gasteiger partial charge in [0.05, 0.1) is 17.5 Å². The number of rotatable bonds is 4. The number of carbonyl (C=O) groups excluding carboxylic acids is 1. The number of thioether (sulfide) groups is 1. The lowest BCUT2D eigenvalue weighted by Crippen LogP contribution is -2.34. The summed E-state index contributed by atoms with van der Waals surface area (Å²) in [6, 6.07) is 19.0. The summed E-state index contributed by atoms with van der Waals surface area (Å²) in [6.07, 6.45) is 0. The molecule has 2 aromatic rings. The van der Waals surface area contributed by atoms with Gasteiger partial charge in [0.15, 0.2) is 5.17 Å². The van der Waals surface area contributed by atoms with Crippen LogP contribution in [0.3, 0.4) is 0 Å². The number of sulfonamides is 1. The van der Waals surface area contributed by atoms with Crippen molar-refractivity contribution < 1.29 is 13.2 Å². The molecule has 0 saturated heterocycles. The van der Waals surface area contributed by atoms with Gasteiger partial charge in [0, 0.05) is 6.54 Å². The second-order valence-electron chi connectivity index (χ2n) is 6.56. The van der Waals surface area contributed by atoms with Crippen molar-refractivity contribution in [1.29, 1.82) is 0 Å². The standard InChI is InChI=1S/C20H19N3O3S2/c1-14(15-8-4-2-5-9-15)21-19(24)18-17(16-10-6-3-7-11-16)23-12-13-28(25,26)22-20(23)27-18/h2-11,14H,12-13H2,1H3,(H,21,24)/t14-/m1/s1. The first-order chi connectivity index (χ1) is 13.4. The number of amides is 1. The summed E-state index contributed by atoms with van der Waals surface area (Å²) in [5.41, 5.74) is 2.56. The van der Waals surface area contributed by atoms with E-state index in [1.165, 1.54) is 0 Å². The van der Waals surface area contributed by atoms with Crippen LogP contribution in [0.15, 0.2) is 70.0 Å². The molecule has 2 aromatic carbocycles. The van der Waals surface area contributed by atoms with Crippen LogP contribution in [0.5, 0.6) is 0 Å². The van der Waals surface area contributed by atoms with Crippen LogP contribution in [0.2, 0.25) is 0 Å². The zero-order valence-corrected chi connectivity index (χ0v) is 16.8. The molecule has 0 spiro atoms. The van der Waals surface area contributed by atoms with E-state index in [9.17, 15) is 13.2 Å². The first kappa shape index (κ1) is 18.8. The largest absolute Gasteiger partial charge is 0.345 e. The fourth-order valence-electron chi connectivity index (χ4n) is 3.18.